The van der Waals surface area contributed by atoms with Gasteiger partial charge in [-0.2, -0.15) is 0 Å². The highest BCUT2D eigenvalue weighted by atomic mass is 15.3. The van der Waals surface area contributed by atoms with Gasteiger partial charge in [0.1, 0.15) is 0 Å². The summed E-state index contributed by atoms with van der Waals surface area (Å²) < 4.78 is 0. The molecule has 0 aliphatic heterocycles. The average molecular weight is 619 g/mol. The molecule has 0 spiro atoms. The average Bonchev–Trinajstić information content (AvgIpc) is 2.77. The van der Waals surface area contributed by atoms with Crippen LogP contribution < -0.4 is 10.6 Å². The maximum atomic E-state index is 4.05. The van der Waals surface area contributed by atoms with Gasteiger partial charge in [0.05, 0.1) is 0 Å². The molecule has 2 saturated carbocycles. The third-order valence-corrected chi connectivity index (χ3v) is 10.6. The molecule has 0 amide bonds. The highest BCUT2D eigenvalue weighted by Crippen LogP contribution is 2.48. The monoisotopic (exact) mass is 619 g/mol. The molecule has 44 heavy (non-hydrogen) atoms. The molecule has 0 atom stereocenters. The first-order valence-corrected chi connectivity index (χ1v) is 18.9. The Morgan fingerprint density at radius 2 is 0.659 bits per heavy atom. The lowest BCUT2D eigenvalue weighted by Crippen LogP contribution is -2.67. The third-order valence-electron chi connectivity index (χ3n) is 10.6. The Hall–Kier alpha value is -0.160. The van der Waals surface area contributed by atoms with Crippen LogP contribution in [0.25, 0.3) is 0 Å². The summed E-state index contributed by atoms with van der Waals surface area (Å²) in [5.41, 5.74) is 1.37. The van der Waals surface area contributed by atoms with Crippen molar-refractivity contribution in [2.45, 2.75) is 245 Å². The fourth-order valence-electron chi connectivity index (χ4n) is 11.1. The van der Waals surface area contributed by atoms with Crippen molar-refractivity contribution >= 4 is 0 Å². The largest absolute Gasteiger partial charge is 0.312 e. The Kier molecular flexibility index (Phi) is 13.2. The maximum absolute atomic E-state index is 4.05. The quantitative estimate of drug-likeness (QED) is 0.201. The third kappa shape index (κ3) is 11.2. The zero-order chi connectivity index (χ0) is 33.9. The van der Waals surface area contributed by atoms with Gasteiger partial charge in [-0.1, -0.05) is 38.5 Å². The number of hydrogen-bond donors (Lipinski definition) is 2. The molecule has 0 unspecified atom stereocenters. The molecular weight excluding hydrogens is 536 g/mol. The van der Waals surface area contributed by atoms with Crippen LogP contribution in [-0.2, 0) is 0 Å². The SMILES string of the molecule is CC(C)(CC1(N(C(C)(C)C)C(C)(C)C)CCCCC1)NCCCCNC(C)(C)CC1(N(C(C)(C)C)C(C)(C)C)CCCCC1. The molecule has 0 saturated heterocycles. The molecule has 2 N–H and O–H groups in total. The molecule has 2 aliphatic rings. The highest BCUT2D eigenvalue weighted by molar-refractivity contribution is 5.08. The van der Waals surface area contributed by atoms with E-state index in [1.165, 1.54) is 89.9 Å². The number of rotatable bonds is 13. The topological polar surface area (TPSA) is 30.5 Å². The molecule has 4 heteroatoms. The van der Waals surface area contributed by atoms with Crippen molar-refractivity contribution in [3.8, 4) is 0 Å². The normalized spacial score (nSPS) is 20.9. The molecule has 4 nitrogen and oxygen atoms in total. The molecule has 0 aromatic carbocycles. The van der Waals surface area contributed by atoms with Gasteiger partial charge in [-0.05, 0) is 175 Å². The molecule has 0 aromatic heterocycles. The van der Waals surface area contributed by atoms with Gasteiger partial charge < -0.3 is 10.6 Å². The van der Waals surface area contributed by atoms with Crippen LogP contribution in [0.4, 0.5) is 0 Å². The van der Waals surface area contributed by atoms with Crippen molar-refractivity contribution in [1.82, 2.24) is 20.4 Å². The summed E-state index contributed by atoms with van der Waals surface area (Å²) in [5, 5.41) is 8.09. The Morgan fingerprint density at radius 3 is 0.886 bits per heavy atom. The molecule has 0 aromatic rings. The lowest BCUT2D eigenvalue weighted by atomic mass is 9.69. The zero-order valence-corrected chi connectivity index (χ0v) is 33.2. The van der Waals surface area contributed by atoms with Gasteiger partial charge in [0.25, 0.3) is 0 Å². The van der Waals surface area contributed by atoms with Crippen molar-refractivity contribution < 1.29 is 0 Å². The molecule has 0 bridgehead atoms. The van der Waals surface area contributed by atoms with E-state index >= 15 is 0 Å². The van der Waals surface area contributed by atoms with Crippen LogP contribution in [0.15, 0.2) is 0 Å². The minimum absolute atomic E-state index is 0.121. The summed E-state index contributed by atoms with van der Waals surface area (Å²) in [5.74, 6) is 0. The van der Waals surface area contributed by atoms with E-state index in [0.717, 1.165) is 13.1 Å². The van der Waals surface area contributed by atoms with E-state index in [-0.39, 0.29) is 44.3 Å². The van der Waals surface area contributed by atoms with Crippen LogP contribution in [0, 0.1) is 0 Å². The zero-order valence-electron chi connectivity index (χ0n) is 33.2. The molecule has 0 radical (unpaired) electrons. The standard InChI is InChI=1S/C40H82N4/c1-33(2,3)43(34(4,5)6)39(25-19-17-20-26-39)31-37(13,14)41-29-23-24-30-42-38(15,16)32-40(27-21-18-22-28-40)44(35(7,8)9)36(10,11)12/h41-42H,17-32H2,1-16H3. The first-order valence-electron chi connectivity index (χ1n) is 18.9. The Labute approximate surface area is 278 Å². The van der Waals surface area contributed by atoms with Gasteiger partial charge in [0, 0.05) is 44.3 Å². The van der Waals surface area contributed by atoms with E-state index in [2.05, 4.69) is 131 Å². The van der Waals surface area contributed by atoms with Crippen LogP contribution in [0.1, 0.15) is 201 Å². The van der Waals surface area contributed by atoms with Crippen LogP contribution in [0.3, 0.4) is 0 Å². The number of nitrogens with zero attached hydrogens (tertiary/aromatic N) is 2. The summed E-state index contributed by atoms with van der Waals surface area (Å²) in [6.45, 7) is 41.3. The minimum atomic E-state index is 0.121. The molecule has 262 valence electrons. The fraction of sp³-hybridized carbons (Fsp3) is 1.00. The van der Waals surface area contributed by atoms with Gasteiger partial charge in [-0.3, -0.25) is 9.80 Å². The minimum Gasteiger partial charge on any atom is -0.312 e. The predicted molar refractivity (Wildman–Crippen MR) is 197 cm³/mol. The lowest BCUT2D eigenvalue weighted by Gasteiger charge is -2.60. The summed E-state index contributed by atoms with van der Waals surface area (Å²) in [4.78, 5) is 5.81. The Morgan fingerprint density at radius 1 is 0.409 bits per heavy atom. The van der Waals surface area contributed by atoms with Crippen LogP contribution >= 0.6 is 0 Å². The highest BCUT2D eigenvalue weighted by Gasteiger charge is 2.51. The smallest absolute Gasteiger partial charge is 0.0237 e. The van der Waals surface area contributed by atoms with Gasteiger partial charge >= 0.3 is 0 Å². The summed E-state index contributed by atoms with van der Waals surface area (Å²) >= 11 is 0. The van der Waals surface area contributed by atoms with E-state index < -0.39 is 0 Å². The van der Waals surface area contributed by atoms with Crippen LogP contribution in [0.2, 0.25) is 0 Å². The molecular formula is C40H82N4. The fourth-order valence-corrected chi connectivity index (χ4v) is 11.1. The van der Waals surface area contributed by atoms with Crippen molar-refractivity contribution in [2.24, 2.45) is 0 Å². The summed E-state index contributed by atoms with van der Waals surface area (Å²) in [7, 11) is 0. The van der Waals surface area contributed by atoms with E-state index in [0.29, 0.717) is 0 Å². The first-order chi connectivity index (χ1) is 19.8. The second-order valence-corrected chi connectivity index (χ2v) is 20.6. The van der Waals surface area contributed by atoms with E-state index in [4.69, 9.17) is 0 Å². The molecule has 2 aliphatic carbocycles. The van der Waals surface area contributed by atoms with Gasteiger partial charge in [0.2, 0.25) is 0 Å². The van der Waals surface area contributed by atoms with Crippen molar-refractivity contribution in [3.63, 3.8) is 0 Å². The van der Waals surface area contributed by atoms with Gasteiger partial charge in [-0.15, -0.1) is 0 Å². The van der Waals surface area contributed by atoms with Crippen molar-refractivity contribution in [3.05, 3.63) is 0 Å². The van der Waals surface area contributed by atoms with Crippen LogP contribution in [0.5, 0.6) is 0 Å². The molecule has 2 rings (SSSR count). The molecule has 0 heterocycles. The van der Waals surface area contributed by atoms with E-state index in [1.54, 1.807) is 0 Å². The predicted octanol–water partition coefficient (Wildman–Crippen LogP) is 10.5. The number of unbranched alkanes of at least 4 members (excludes halogenated alkanes) is 1. The summed E-state index contributed by atoms with van der Waals surface area (Å²) in [6.07, 6.45) is 18.5. The van der Waals surface area contributed by atoms with Gasteiger partial charge in [0.15, 0.2) is 0 Å². The van der Waals surface area contributed by atoms with E-state index in [1.807, 2.05) is 0 Å². The van der Waals surface area contributed by atoms with Crippen molar-refractivity contribution in [2.75, 3.05) is 13.1 Å². The number of hydrogen-bond acceptors (Lipinski definition) is 4. The maximum Gasteiger partial charge on any atom is 0.0237 e. The Bertz CT molecular complexity index is 746. The van der Waals surface area contributed by atoms with Crippen molar-refractivity contribution in [1.29, 1.82) is 0 Å². The molecule has 2 fully saturated rings. The van der Waals surface area contributed by atoms with Crippen LogP contribution in [-0.4, -0.2) is 67.2 Å². The Balaban J connectivity index is 2.00. The second kappa shape index (κ2) is 14.5. The summed E-state index contributed by atoms with van der Waals surface area (Å²) in [6, 6.07) is 0. The van der Waals surface area contributed by atoms with Gasteiger partial charge in [-0.25, -0.2) is 0 Å². The lowest BCUT2D eigenvalue weighted by molar-refractivity contribution is -0.0974. The first kappa shape index (κ1) is 40.0. The number of nitrogens with one attached hydrogen (secondary N) is 2. The second-order valence-electron chi connectivity index (χ2n) is 20.6. The van der Waals surface area contributed by atoms with E-state index in [9.17, 15) is 0 Å².